The Balaban J connectivity index is 3.61. The van der Waals surface area contributed by atoms with Gasteiger partial charge in [0.2, 0.25) is 0 Å². The van der Waals surface area contributed by atoms with E-state index in [1.807, 2.05) is 0 Å². The molecule has 0 aliphatic rings. The second kappa shape index (κ2) is 7.89. The van der Waals surface area contributed by atoms with Gasteiger partial charge in [-0.25, -0.2) is 4.79 Å². The van der Waals surface area contributed by atoms with E-state index in [0.29, 0.717) is 0 Å². The van der Waals surface area contributed by atoms with E-state index < -0.39 is 18.2 Å². The molecule has 16 heavy (non-hydrogen) atoms. The Kier molecular flexibility index (Phi) is 7.23. The van der Waals surface area contributed by atoms with E-state index in [1.54, 1.807) is 0 Å². The van der Waals surface area contributed by atoms with Crippen LogP contribution in [0.25, 0.3) is 0 Å². The summed E-state index contributed by atoms with van der Waals surface area (Å²) in [6, 6.07) is -0.349. The first-order valence-electron chi connectivity index (χ1n) is 4.99. The first kappa shape index (κ1) is 14.7. The highest BCUT2D eigenvalue weighted by atomic mass is 16.4. The minimum Gasteiger partial charge on any atom is -0.481 e. The van der Waals surface area contributed by atoms with E-state index in [1.165, 1.54) is 7.05 Å². The summed E-state index contributed by atoms with van der Waals surface area (Å²) in [4.78, 5) is 21.0. The van der Waals surface area contributed by atoms with Crippen molar-refractivity contribution in [3.63, 3.8) is 0 Å². The zero-order valence-corrected chi connectivity index (χ0v) is 9.14. The van der Waals surface area contributed by atoms with Gasteiger partial charge in [-0.2, -0.15) is 0 Å². The lowest BCUT2D eigenvalue weighted by atomic mass is 10.1. The molecule has 0 aromatic heterocycles. The summed E-state index contributed by atoms with van der Waals surface area (Å²) in [5, 5.41) is 31.8. The molecule has 0 aliphatic carbocycles. The Bertz CT molecular complexity index is 234. The number of aliphatic carboxylic acids is 1. The average Bonchev–Trinajstić information content (AvgIpc) is 2.15. The molecule has 0 saturated carbocycles. The normalized spacial score (nSPS) is 13.9. The molecule has 0 bridgehead atoms. The summed E-state index contributed by atoms with van der Waals surface area (Å²) in [7, 11) is 1.47. The van der Waals surface area contributed by atoms with Crippen molar-refractivity contribution >= 4 is 12.0 Å². The number of carboxylic acid groups (broad SMARTS) is 1. The number of carbonyl (C=O) groups is 2. The van der Waals surface area contributed by atoms with Gasteiger partial charge in [0.25, 0.3) is 0 Å². The molecule has 0 fully saturated rings. The second-order valence-electron chi connectivity index (χ2n) is 3.44. The summed E-state index contributed by atoms with van der Waals surface area (Å²) in [5.74, 6) is -1.11. The Morgan fingerprint density at radius 3 is 2.38 bits per heavy atom. The van der Waals surface area contributed by atoms with Gasteiger partial charge < -0.3 is 26.0 Å². The van der Waals surface area contributed by atoms with Gasteiger partial charge >= 0.3 is 12.0 Å². The van der Waals surface area contributed by atoms with Crippen LogP contribution in [-0.2, 0) is 4.79 Å². The van der Waals surface area contributed by atoms with E-state index in [4.69, 9.17) is 5.11 Å². The van der Waals surface area contributed by atoms with Crippen molar-refractivity contribution in [1.29, 1.82) is 0 Å². The summed E-state index contributed by atoms with van der Waals surface area (Å²) in [5.41, 5.74) is 0. The second-order valence-corrected chi connectivity index (χ2v) is 3.44. The molecule has 2 amide bonds. The van der Waals surface area contributed by atoms with Gasteiger partial charge in [0.1, 0.15) is 0 Å². The van der Waals surface area contributed by atoms with Crippen molar-refractivity contribution < 1.29 is 24.9 Å². The quantitative estimate of drug-likeness (QED) is 0.383. The number of hydrogen-bond acceptors (Lipinski definition) is 4. The van der Waals surface area contributed by atoms with Crippen LogP contribution < -0.4 is 10.6 Å². The lowest BCUT2D eigenvalue weighted by molar-refractivity contribution is -0.139. The third-order valence-electron chi connectivity index (χ3n) is 1.94. The monoisotopic (exact) mass is 234 g/mol. The lowest BCUT2D eigenvalue weighted by Crippen LogP contribution is -2.35. The van der Waals surface area contributed by atoms with Gasteiger partial charge in [0.05, 0.1) is 18.6 Å². The molecule has 0 radical (unpaired) electrons. The van der Waals surface area contributed by atoms with Crippen molar-refractivity contribution in [2.45, 2.75) is 31.5 Å². The van der Waals surface area contributed by atoms with Gasteiger partial charge in [-0.05, 0) is 12.8 Å². The standard InChI is InChI=1S/C9H18N2O5/c1-10-9(16)11-3-2-6(12)4-7(13)5-8(14)15/h6-7,12-13H,2-5H2,1H3,(H,14,15)(H2,10,11,16). The van der Waals surface area contributed by atoms with Gasteiger partial charge in [-0.1, -0.05) is 0 Å². The molecule has 0 saturated heterocycles. The molecule has 2 unspecified atom stereocenters. The maximum absolute atomic E-state index is 10.7. The molecule has 0 aliphatic heterocycles. The van der Waals surface area contributed by atoms with E-state index in [0.717, 1.165) is 0 Å². The first-order chi connectivity index (χ1) is 7.45. The maximum Gasteiger partial charge on any atom is 0.314 e. The Morgan fingerprint density at radius 1 is 1.25 bits per heavy atom. The minimum absolute atomic E-state index is 0.0122. The summed E-state index contributed by atoms with van der Waals surface area (Å²) < 4.78 is 0. The fourth-order valence-electron chi connectivity index (χ4n) is 1.16. The predicted molar refractivity (Wildman–Crippen MR) is 56.0 cm³/mol. The average molecular weight is 234 g/mol. The number of carbonyl (C=O) groups excluding carboxylic acids is 1. The largest absolute Gasteiger partial charge is 0.481 e. The lowest BCUT2D eigenvalue weighted by Gasteiger charge is -2.14. The number of aliphatic hydroxyl groups excluding tert-OH is 2. The Hall–Kier alpha value is -1.34. The van der Waals surface area contributed by atoms with Crippen LogP contribution in [0.1, 0.15) is 19.3 Å². The molecule has 7 heteroatoms. The molecule has 0 spiro atoms. The molecular formula is C9H18N2O5. The van der Waals surface area contributed by atoms with Gasteiger partial charge in [0, 0.05) is 13.6 Å². The molecule has 0 heterocycles. The van der Waals surface area contributed by atoms with E-state index in [-0.39, 0.29) is 31.8 Å². The molecule has 2 atom stereocenters. The molecular weight excluding hydrogens is 216 g/mol. The number of hydrogen-bond donors (Lipinski definition) is 5. The van der Waals surface area contributed by atoms with Gasteiger partial charge in [0.15, 0.2) is 0 Å². The molecule has 0 rings (SSSR count). The highest BCUT2D eigenvalue weighted by molar-refractivity contribution is 5.73. The van der Waals surface area contributed by atoms with Crippen LogP contribution in [0.3, 0.4) is 0 Å². The van der Waals surface area contributed by atoms with Gasteiger partial charge in [-0.15, -0.1) is 0 Å². The highest BCUT2D eigenvalue weighted by Crippen LogP contribution is 2.05. The van der Waals surface area contributed by atoms with Crippen molar-refractivity contribution in [3.05, 3.63) is 0 Å². The maximum atomic E-state index is 10.7. The number of urea groups is 1. The Labute approximate surface area is 93.5 Å². The summed E-state index contributed by atoms with van der Waals surface area (Å²) >= 11 is 0. The van der Waals surface area contributed by atoms with Crippen LogP contribution in [0.2, 0.25) is 0 Å². The number of aliphatic hydroxyl groups is 2. The number of rotatable bonds is 7. The van der Waals surface area contributed by atoms with Crippen LogP contribution in [0.4, 0.5) is 4.79 Å². The van der Waals surface area contributed by atoms with Crippen molar-refractivity contribution in [2.24, 2.45) is 0 Å². The van der Waals surface area contributed by atoms with Crippen LogP contribution >= 0.6 is 0 Å². The van der Waals surface area contributed by atoms with Gasteiger partial charge in [-0.3, -0.25) is 4.79 Å². The molecule has 94 valence electrons. The number of carboxylic acids is 1. The van der Waals surface area contributed by atoms with E-state index in [2.05, 4.69) is 10.6 Å². The summed E-state index contributed by atoms with van der Waals surface area (Å²) in [6.45, 7) is 0.265. The van der Waals surface area contributed by atoms with E-state index in [9.17, 15) is 19.8 Å². The molecule has 7 nitrogen and oxygen atoms in total. The highest BCUT2D eigenvalue weighted by Gasteiger charge is 2.14. The zero-order valence-electron chi connectivity index (χ0n) is 9.14. The molecule has 0 aromatic carbocycles. The number of nitrogens with one attached hydrogen (secondary N) is 2. The van der Waals surface area contributed by atoms with Crippen LogP contribution in [0, 0.1) is 0 Å². The minimum atomic E-state index is -1.11. The molecule has 0 aromatic rings. The van der Waals surface area contributed by atoms with Crippen molar-refractivity contribution in [2.75, 3.05) is 13.6 Å². The zero-order chi connectivity index (χ0) is 12.6. The van der Waals surface area contributed by atoms with Crippen molar-refractivity contribution in [3.8, 4) is 0 Å². The fourth-order valence-corrected chi connectivity index (χ4v) is 1.16. The van der Waals surface area contributed by atoms with E-state index >= 15 is 0 Å². The first-order valence-corrected chi connectivity index (χ1v) is 4.99. The smallest absolute Gasteiger partial charge is 0.314 e. The van der Waals surface area contributed by atoms with Crippen LogP contribution in [0.15, 0.2) is 0 Å². The SMILES string of the molecule is CNC(=O)NCCC(O)CC(O)CC(=O)O. The Morgan fingerprint density at radius 2 is 1.88 bits per heavy atom. The molecule has 5 N–H and O–H groups in total. The fraction of sp³-hybridized carbons (Fsp3) is 0.778. The number of amides is 2. The third-order valence-corrected chi connectivity index (χ3v) is 1.94. The van der Waals surface area contributed by atoms with Crippen LogP contribution in [0.5, 0.6) is 0 Å². The third kappa shape index (κ3) is 8.01. The van der Waals surface area contributed by atoms with Crippen LogP contribution in [-0.4, -0.2) is 53.1 Å². The topological polar surface area (TPSA) is 119 Å². The van der Waals surface area contributed by atoms with Crippen molar-refractivity contribution in [1.82, 2.24) is 10.6 Å². The predicted octanol–water partition coefficient (Wildman–Crippen LogP) is -1.11. The summed E-state index contributed by atoms with van der Waals surface area (Å²) in [6.07, 6.45) is -2.02.